The molecule has 9 nitrogen and oxygen atoms in total. The third-order valence-corrected chi connectivity index (χ3v) is 5.81. The van der Waals surface area contributed by atoms with Crippen molar-refractivity contribution in [3.05, 3.63) is 65.7 Å². The molecule has 0 bridgehead atoms. The Bertz CT molecular complexity index is 1190. The van der Waals surface area contributed by atoms with Gasteiger partial charge in [0.05, 0.1) is 5.56 Å². The minimum Gasteiger partial charge on any atom is -0.508 e. The first-order valence-electron chi connectivity index (χ1n) is 8.10. The van der Waals surface area contributed by atoms with E-state index in [1.54, 1.807) is 19.1 Å². The van der Waals surface area contributed by atoms with Crippen molar-refractivity contribution in [2.24, 2.45) is 12.8 Å². The summed E-state index contributed by atoms with van der Waals surface area (Å²) in [6, 6.07) is 7.18. The Kier molecular flexibility index (Phi) is 4.73. The number of nitrogens with two attached hydrogens (primary N) is 1. The number of primary amides is 1. The Hall–Kier alpha value is -3.53. The lowest BCUT2D eigenvalue weighted by Gasteiger charge is -2.06. The van der Waals surface area contributed by atoms with E-state index in [-0.39, 0.29) is 21.9 Å². The molecule has 0 saturated carbocycles. The zero-order valence-electron chi connectivity index (χ0n) is 15.1. The number of hydrogen-bond donors (Lipinski definition) is 3. The predicted octanol–water partition coefficient (Wildman–Crippen LogP) is 1.43. The number of nitrogens with one attached hydrogen (secondary N) is 1. The molecule has 0 fully saturated rings. The van der Waals surface area contributed by atoms with Gasteiger partial charge in [-0.2, -0.15) is 0 Å². The van der Waals surface area contributed by atoms with Crippen LogP contribution in [0.3, 0.4) is 0 Å². The van der Waals surface area contributed by atoms with Crippen LogP contribution < -0.4 is 11.1 Å². The van der Waals surface area contributed by atoms with E-state index in [1.165, 1.54) is 42.2 Å². The molecule has 0 atom stereocenters. The summed E-state index contributed by atoms with van der Waals surface area (Å²) in [5.74, 6) is -1.26. The van der Waals surface area contributed by atoms with Crippen molar-refractivity contribution in [3.63, 3.8) is 0 Å². The van der Waals surface area contributed by atoms with Gasteiger partial charge in [0, 0.05) is 37.4 Å². The molecule has 28 heavy (non-hydrogen) atoms. The highest BCUT2D eigenvalue weighted by atomic mass is 32.2. The van der Waals surface area contributed by atoms with Gasteiger partial charge in [-0.3, -0.25) is 9.59 Å². The zero-order valence-corrected chi connectivity index (χ0v) is 15.9. The third-order valence-electron chi connectivity index (χ3n) is 4.20. The Morgan fingerprint density at radius 2 is 1.86 bits per heavy atom. The molecule has 3 aromatic rings. The molecule has 0 aliphatic heterocycles. The predicted molar refractivity (Wildman–Crippen MR) is 102 cm³/mol. The molecule has 2 aromatic heterocycles. The number of carbonyl (C=O) groups excluding carboxylic acids is 2. The average molecular weight is 402 g/mol. The summed E-state index contributed by atoms with van der Waals surface area (Å²) in [4.78, 5) is 23.6. The second-order valence-corrected chi connectivity index (χ2v) is 8.07. The van der Waals surface area contributed by atoms with E-state index >= 15 is 0 Å². The van der Waals surface area contributed by atoms with E-state index in [4.69, 9.17) is 5.73 Å². The number of aryl methyl sites for hydroxylation is 2. The molecule has 0 aliphatic carbocycles. The number of benzene rings is 1. The SMILES string of the molecule is Cc1ccc(NC(=O)c2ccn(S(=O)(=O)c3cc(C(N)=O)n(C)c3)c2)cc1O. The van der Waals surface area contributed by atoms with Crippen LogP contribution in [0, 0.1) is 6.92 Å². The Labute approximate surface area is 161 Å². The quantitative estimate of drug-likeness (QED) is 0.593. The van der Waals surface area contributed by atoms with Crippen LogP contribution in [0.5, 0.6) is 5.75 Å². The lowest BCUT2D eigenvalue weighted by molar-refractivity contribution is 0.0990. The first kappa shape index (κ1) is 19.2. The molecule has 146 valence electrons. The average Bonchev–Trinajstić information content (AvgIpc) is 3.25. The zero-order chi connectivity index (χ0) is 20.6. The standard InChI is InChI=1S/C18H18N4O5S/c1-11-3-4-13(7-16(11)23)20-18(25)12-5-6-22(9-12)28(26,27)14-8-15(17(19)24)21(2)10-14/h3-10,23H,1-2H3,(H2,19,24)(H,20,25). The number of anilines is 1. The number of nitrogens with zero attached hydrogens (tertiary/aromatic N) is 2. The van der Waals surface area contributed by atoms with Crippen LogP contribution in [0.15, 0.2) is 53.8 Å². The maximum absolute atomic E-state index is 12.7. The molecule has 0 unspecified atom stereocenters. The fraction of sp³-hybridized carbons (Fsp3) is 0.111. The monoisotopic (exact) mass is 402 g/mol. The summed E-state index contributed by atoms with van der Waals surface area (Å²) in [7, 11) is -2.50. The van der Waals surface area contributed by atoms with Crippen molar-refractivity contribution in [2.75, 3.05) is 5.32 Å². The van der Waals surface area contributed by atoms with Crippen LogP contribution in [0.4, 0.5) is 5.69 Å². The van der Waals surface area contributed by atoms with Crippen LogP contribution in [0.2, 0.25) is 0 Å². The van der Waals surface area contributed by atoms with Crippen LogP contribution in [0.25, 0.3) is 0 Å². The summed E-state index contributed by atoms with van der Waals surface area (Å²) in [5, 5.41) is 12.3. The van der Waals surface area contributed by atoms with E-state index in [0.29, 0.717) is 11.3 Å². The van der Waals surface area contributed by atoms with E-state index in [2.05, 4.69) is 5.32 Å². The van der Waals surface area contributed by atoms with Gasteiger partial charge in [-0.1, -0.05) is 6.07 Å². The second kappa shape index (κ2) is 6.89. The molecule has 4 N–H and O–H groups in total. The molecule has 0 spiro atoms. The number of hydrogen-bond acceptors (Lipinski definition) is 5. The van der Waals surface area contributed by atoms with Gasteiger partial charge in [0.15, 0.2) is 0 Å². The molecule has 0 aliphatic rings. The smallest absolute Gasteiger partial charge is 0.269 e. The van der Waals surface area contributed by atoms with Gasteiger partial charge in [-0.25, -0.2) is 12.4 Å². The molecule has 3 rings (SSSR count). The number of aromatic nitrogens is 2. The van der Waals surface area contributed by atoms with Crippen molar-refractivity contribution < 1.29 is 23.1 Å². The van der Waals surface area contributed by atoms with Crippen LogP contribution in [0.1, 0.15) is 26.4 Å². The highest BCUT2D eigenvalue weighted by Gasteiger charge is 2.22. The van der Waals surface area contributed by atoms with Crippen LogP contribution >= 0.6 is 0 Å². The Morgan fingerprint density at radius 1 is 1.14 bits per heavy atom. The Balaban J connectivity index is 1.86. The minimum atomic E-state index is -4.00. The largest absolute Gasteiger partial charge is 0.508 e. The number of carbonyl (C=O) groups is 2. The summed E-state index contributed by atoms with van der Waals surface area (Å²) in [6.07, 6.45) is 3.66. The Morgan fingerprint density at radius 3 is 2.46 bits per heavy atom. The van der Waals surface area contributed by atoms with Crippen molar-refractivity contribution in [2.45, 2.75) is 11.8 Å². The normalized spacial score (nSPS) is 11.4. The highest BCUT2D eigenvalue weighted by molar-refractivity contribution is 7.90. The number of rotatable bonds is 5. The summed E-state index contributed by atoms with van der Waals surface area (Å²) >= 11 is 0. The molecule has 2 amide bonds. The fourth-order valence-electron chi connectivity index (χ4n) is 2.59. The summed E-state index contributed by atoms with van der Waals surface area (Å²) < 4.78 is 27.7. The molecule has 10 heteroatoms. The van der Waals surface area contributed by atoms with Gasteiger partial charge in [-0.15, -0.1) is 0 Å². The first-order chi connectivity index (χ1) is 13.1. The van der Waals surface area contributed by atoms with E-state index in [1.807, 2.05) is 0 Å². The van der Waals surface area contributed by atoms with E-state index < -0.39 is 21.8 Å². The van der Waals surface area contributed by atoms with E-state index in [9.17, 15) is 23.1 Å². The van der Waals surface area contributed by atoms with Gasteiger partial charge < -0.3 is 20.7 Å². The van der Waals surface area contributed by atoms with Crippen LogP contribution in [-0.4, -0.2) is 33.9 Å². The number of amides is 2. The molecule has 2 heterocycles. The molecule has 1 aromatic carbocycles. The maximum atomic E-state index is 12.7. The van der Waals surface area contributed by atoms with Crippen molar-refractivity contribution in [1.82, 2.24) is 8.54 Å². The number of phenolic OH excluding ortho intramolecular Hbond substituents is 1. The molecule has 0 saturated heterocycles. The highest BCUT2D eigenvalue weighted by Crippen LogP contribution is 2.22. The molecular formula is C18H18N4O5S. The minimum absolute atomic E-state index is 0.0345. The number of aromatic hydroxyl groups is 1. The van der Waals surface area contributed by atoms with Gasteiger partial charge >= 0.3 is 0 Å². The van der Waals surface area contributed by atoms with Gasteiger partial charge in [0.2, 0.25) is 0 Å². The topological polar surface area (TPSA) is 136 Å². The van der Waals surface area contributed by atoms with Gasteiger partial charge in [-0.05, 0) is 30.7 Å². The summed E-state index contributed by atoms with van der Waals surface area (Å²) in [6.45, 7) is 1.72. The molecule has 0 radical (unpaired) electrons. The number of phenols is 1. The second-order valence-electron chi connectivity index (χ2n) is 6.23. The van der Waals surface area contributed by atoms with Crippen molar-refractivity contribution >= 4 is 27.5 Å². The van der Waals surface area contributed by atoms with Gasteiger partial charge in [0.1, 0.15) is 16.3 Å². The third kappa shape index (κ3) is 3.49. The molecular weight excluding hydrogens is 384 g/mol. The van der Waals surface area contributed by atoms with Crippen LogP contribution in [-0.2, 0) is 17.1 Å². The van der Waals surface area contributed by atoms with Crippen molar-refractivity contribution in [3.8, 4) is 5.75 Å². The van der Waals surface area contributed by atoms with Gasteiger partial charge in [0.25, 0.3) is 21.8 Å². The maximum Gasteiger partial charge on any atom is 0.269 e. The summed E-state index contributed by atoms with van der Waals surface area (Å²) in [5.41, 5.74) is 6.40. The van der Waals surface area contributed by atoms with Crippen molar-refractivity contribution in [1.29, 1.82) is 0 Å². The lowest BCUT2D eigenvalue weighted by atomic mass is 10.2. The lowest BCUT2D eigenvalue weighted by Crippen LogP contribution is -2.14. The van der Waals surface area contributed by atoms with E-state index in [0.717, 1.165) is 10.2 Å². The fourth-order valence-corrected chi connectivity index (χ4v) is 3.86. The first-order valence-corrected chi connectivity index (χ1v) is 9.54.